The molecular formula is C20H24O5. The van der Waals surface area contributed by atoms with Gasteiger partial charge in [-0.15, -0.1) is 0 Å². The van der Waals surface area contributed by atoms with Gasteiger partial charge in [0.25, 0.3) is 0 Å². The van der Waals surface area contributed by atoms with Crippen LogP contribution in [0.5, 0.6) is 17.2 Å². The van der Waals surface area contributed by atoms with Crippen molar-refractivity contribution in [3.05, 3.63) is 53.6 Å². The van der Waals surface area contributed by atoms with Crippen molar-refractivity contribution in [3.8, 4) is 17.2 Å². The Morgan fingerprint density at radius 1 is 0.960 bits per heavy atom. The van der Waals surface area contributed by atoms with Gasteiger partial charge in [0.05, 0.1) is 33.0 Å². The molecule has 0 aromatic heterocycles. The average Bonchev–Trinajstić information content (AvgIpc) is 2.67. The van der Waals surface area contributed by atoms with Crippen LogP contribution in [0.4, 0.5) is 0 Å². The number of hydrogen-bond donors (Lipinski definition) is 1. The number of ether oxygens (including phenoxy) is 4. The molecule has 5 nitrogen and oxygen atoms in total. The zero-order valence-corrected chi connectivity index (χ0v) is 14.8. The molecule has 1 saturated heterocycles. The van der Waals surface area contributed by atoms with Gasteiger partial charge in [0.1, 0.15) is 5.75 Å². The van der Waals surface area contributed by atoms with Crippen LogP contribution in [0.15, 0.2) is 42.5 Å². The van der Waals surface area contributed by atoms with E-state index in [9.17, 15) is 5.11 Å². The summed E-state index contributed by atoms with van der Waals surface area (Å²) >= 11 is 0. The predicted molar refractivity (Wildman–Crippen MR) is 94.5 cm³/mol. The number of hydrogen-bond acceptors (Lipinski definition) is 5. The number of phenols is 1. The number of methoxy groups -OCH3 is 3. The van der Waals surface area contributed by atoms with Crippen molar-refractivity contribution in [3.63, 3.8) is 0 Å². The molecule has 3 rings (SSSR count). The summed E-state index contributed by atoms with van der Waals surface area (Å²) in [5.74, 6) is 1.56. The molecule has 0 amide bonds. The lowest BCUT2D eigenvalue weighted by atomic mass is 9.84. The normalized spacial score (nSPS) is 23.2. The fourth-order valence-electron chi connectivity index (χ4n) is 3.35. The Hall–Kier alpha value is -2.24. The van der Waals surface area contributed by atoms with Crippen LogP contribution in [0.3, 0.4) is 0 Å². The minimum absolute atomic E-state index is 0.0217. The van der Waals surface area contributed by atoms with Crippen LogP contribution in [0.2, 0.25) is 0 Å². The molecule has 0 saturated carbocycles. The summed E-state index contributed by atoms with van der Waals surface area (Å²) in [5, 5.41) is 10.1. The van der Waals surface area contributed by atoms with E-state index in [1.807, 2.05) is 30.3 Å². The molecule has 1 heterocycles. The number of benzene rings is 2. The van der Waals surface area contributed by atoms with Gasteiger partial charge < -0.3 is 24.1 Å². The number of rotatable bonds is 5. The van der Waals surface area contributed by atoms with E-state index in [1.54, 1.807) is 33.5 Å². The molecule has 5 heteroatoms. The standard InChI is InChI=1S/C20H24O5/c1-22-15-7-4-13(5-8-15)19-11-16(20(24-3)12-25-19)14-6-9-18(23-2)17(21)10-14/h4-10,16,19-21H,11-12H2,1-3H3. The lowest BCUT2D eigenvalue weighted by molar-refractivity contribution is -0.0853. The predicted octanol–water partition coefficient (Wildman–Crippen LogP) is 3.67. The molecular weight excluding hydrogens is 320 g/mol. The largest absolute Gasteiger partial charge is 0.504 e. The molecule has 25 heavy (non-hydrogen) atoms. The third-order valence-electron chi connectivity index (χ3n) is 4.80. The first kappa shape index (κ1) is 17.6. The number of aromatic hydroxyl groups is 1. The molecule has 3 atom stereocenters. The second-order valence-corrected chi connectivity index (χ2v) is 6.14. The van der Waals surface area contributed by atoms with E-state index >= 15 is 0 Å². The summed E-state index contributed by atoms with van der Waals surface area (Å²) in [6.45, 7) is 0.505. The fourth-order valence-corrected chi connectivity index (χ4v) is 3.35. The summed E-state index contributed by atoms with van der Waals surface area (Å²) in [6.07, 6.45) is 0.699. The fraction of sp³-hybridized carbons (Fsp3) is 0.400. The first-order chi connectivity index (χ1) is 12.2. The van der Waals surface area contributed by atoms with Crippen LogP contribution < -0.4 is 9.47 Å². The van der Waals surface area contributed by atoms with Crippen LogP contribution >= 0.6 is 0 Å². The summed E-state index contributed by atoms with van der Waals surface area (Å²) in [7, 11) is 4.89. The molecule has 2 aromatic carbocycles. The van der Waals surface area contributed by atoms with Crippen molar-refractivity contribution in [2.45, 2.75) is 24.5 Å². The van der Waals surface area contributed by atoms with E-state index in [0.29, 0.717) is 12.4 Å². The lowest BCUT2D eigenvalue weighted by Crippen LogP contribution is -2.34. The zero-order chi connectivity index (χ0) is 17.8. The van der Waals surface area contributed by atoms with E-state index < -0.39 is 0 Å². The van der Waals surface area contributed by atoms with Gasteiger partial charge in [-0.3, -0.25) is 0 Å². The average molecular weight is 344 g/mol. The first-order valence-electron chi connectivity index (χ1n) is 8.31. The number of phenolic OH excluding ortho intramolecular Hbond substituents is 1. The Morgan fingerprint density at radius 2 is 1.68 bits per heavy atom. The third kappa shape index (κ3) is 3.72. The molecule has 1 aliphatic rings. The summed E-state index contributed by atoms with van der Waals surface area (Å²) in [4.78, 5) is 0. The highest BCUT2D eigenvalue weighted by Crippen LogP contribution is 2.41. The van der Waals surface area contributed by atoms with Crippen LogP contribution in [0, 0.1) is 0 Å². The van der Waals surface area contributed by atoms with E-state index in [0.717, 1.165) is 23.3 Å². The summed E-state index contributed by atoms with van der Waals surface area (Å²) in [6, 6.07) is 13.5. The Kier molecular flexibility index (Phi) is 5.46. The van der Waals surface area contributed by atoms with Gasteiger partial charge in [-0.2, -0.15) is 0 Å². The van der Waals surface area contributed by atoms with E-state index in [4.69, 9.17) is 18.9 Å². The van der Waals surface area contributed by atoms with Crippen LogP contribution in [0.1, 0.15) is 29.6 Å². The second kappa shape index (κ2) is 7.76. The molecule has 0 aliphatic carbocycles. The van der Waals surface area contributed by atoms with Gasteiger partial charge in [-0.05, 0) is 41.8 Å². The second-order valence-electron chi connectivity index (χ2n) is 6.14. The molecule has 2 aromatic rings. The molecule has 0 bridgehead atoms. The monoisotopic (exact) mass is 344 g/mol. The highest BCUT2D eigenvalue weighted by molar-refractivity contribution is 5.43. The van der Waals surface area contributed by atoms with Crippen molar-refractivity contribution in [2.75, 3.05) is 27.9 Å². The minimum Gasteiger partial charge on any atom is -0.504 e. The zero-order valence-electron chi connectivity index (χ0n) is 14.8. The summed E-state index contributed by atoms with van der Waals surface area (Å²) < 4.78 is 22.0. The van der Waals surface area contributed by atoms with Crippen molar-refractivity contribution in [2.24, 2.45) is 0 Å². The third-order valence-corrected chi connectivity index (χ3v) is 4.80. The smallest absolute Gasteiger partial charge is 0.160 e. The summed E-state index contributed by atoms with van der Waals surface area (Å²) in [5.41, 5.74) is 2.13. The quantitative estimate of drug-likeness (QED) is 0.897. The maximum atomic E-state index is 10.1. The van der Waals surface area contributed by atoms with Crippen LogP contribution in [0.25, 0.3) is 0 Å². The molecule has 0 spiro atoms. The maximum Gasteiger partial charge on any atom is 0.160 e. The molecule has 0 radical (unpaired) electrons. The van der Waals surface area contributed by atoms with E-state index in [1.165, 1.54) is 0 Å². The first-order valence-corrected chi connectivity index (χ1v) is 8.31. The van der Waals surface area contributed by atoms with Crippen molar-refractivity contribution in [1.82, 2.24) is 0 Å². The van der Waals surface area contributed by atoms with Crippen LogP contribution in [-0.4, -0.2) is 39.1 Å². The lowest BCUT2D eigenvalue weighted by Gasteiger charge is -2.36. The van der Waals surface area contributed by atoms with E-state index in [-0.39, 0.29) is 23.9 Å². The van der Waals surface area contributed by atoms with Gasteiger partial charge in [-0.25, -0.2) is 0 Å². The van der Waals surface area contributed by atoms with E-state index in [2.05, 4.69) is 0 Å². The van der Waals surface area contributed by atoms with Gasteiger partial charge >= 0.3 is 0 Å². The Labute approximate surface area is 148 Å². The molecule has 1 fully saturated rings. The Morgan fingerprint density at radius 3 is 2.28 bits per heavy atom. The highest BCUT2D eigenvalue weighted by atomic mass is 16.5. The van der Waals surface area contributed by atoms with Gasteiger partial charge in [-0.1, -0.05) is 18.2 Å². The molecule has 3 unspecified atom stereocenters. The van der Waals surface area contributed by atoms with Crippen LogP contribution in [-0.2, 0) is 9.47 Å². The van der Waals surface area contributed by atoms with Crippen molar-refractivity contribution in [1.29, 1.82) is 0 Å². The Bertz CT molecular complexity index is 698. The van der Waals surface area contributed by atoms with Gasteiger partial charge in [0.2, 0.25) is 0 Å². The highest BCUT2D eigenvalue weighted by Gasteiger charge is 2.33. The van der Waals surface area contributed by atoms with Gasteiger partial charge in [0.15, 0.2) is 11.5 Å². The molecule has 134 valence electrons. The molecule has 1 aliphatic heterocycles. The minimum atomic E-state index is -0.0534. The topological polar surface area (TPSA) is 57.2 Å². The maximum absolute atomic E-state index is 10.1. The SMILES string of the molecule is COc1ccc(C2CC(c3ccc(OC)c(O)c3)C(OC)CO2)cc1. The molecule has 1 N–H and O–H groups in total. The van der Waals surface area contributed by atoms with Crippen molar-refractivity contribution >= 4 is 0 Å². The van der Waals surface area contributed by atoms with Crippen molar-refractivity contribution < 1.29 is 24.1 Å². The van der Waals surface area contributed by atoms with Gasteiger partial charge in [0, 0.05) is 13.0 Å². The Balaban J connectivity index is 1.84.